The van der Waals surface area contributed by atoms with E-state index in [1.807, 2.05) is 0 Å². The summed E-state index contributed by atoms with van der Waals surface area (Å²) in [7, 11) is -4.94. The fourth-order valence-electron chi connectivity index (χ4n) is 2.50. The van der Waals surface area contributed by atoms with Crippen LogP contribution in [0, 0.1) is 10.2 Å². The molecule has 0 aliphatic heterocycles. The van der Waals surface area contributed by atoms with Crippen molar-refractivity contribution in [1.29, 1.82) is 0 Å². The van der Waals surface area contributed by atoms with E-state index >= 15 is 0 Å². The molecule has 2 heterocycles. The third-order valence-electron chi connectivity index (χ3n) is 3.41. The van der Waals surface area contributed by atoms with Gasteiger partial charge in [0.1, 0.15) is 0 Å². The van der Waals surface area contributed by atoms with Crippen molar-refractivity contribution in [2.45, 2.75) is 0 Å². The van der Waals surface area contributed by atoms with Crippen molar-refractivity contribution >= 4 is 27.1 Å². The minimum absolute atomic E-state index is 1.26. The first-order valence-corrected chi connectivity index (χ1v) is 9.03. The van der Waals surface area contributed by atoms with E-state index in [1.54, 1.807) is 11.3 Å². The molecule has 0 atom stereocenters. The lowest BCUT2D eigenvalue weighted by molar-refractivity contribution is -2.00. The molecule has 0 radical (unpaired) electrons. The van der Waals surface area contributed by atoms with Crippen molar-refractivity contribution in [3.05, 3.63) is 72.1 Å². The lowest BCUT2D eigenvalue weighted by Crippen LogP contribution is -2.68. The molecule has 0 unspecified atom stereocenters. The van der Waals surface area contributed by atoms with E-state index < -0.39 is 10.2 Å². The van der Waals surface area contributed by atoms with E-state index in [2.05, 4.69) is 76.5 Å². The zero-order chi connectivity index (χ0) is 17.2. The van der Waals surface area contributed by atoms with Crippen LogP contribution in [0.5, 0.6) is 0 Å². The van der Waals surface area contributed by atoms with E-state index in [9.17, 15) is 0 Å². The van der Waals surface area contributed by atoms with Crippen LogP contribution in [0.25, 0.3) is 27.0 Å². The van der Waals surface area contributed by atoms with Crippen LogP contribution < -0.4 is 23.0 Å². The van der Waals surface area contributed by atoms with Crippen LogP contribution in [0.1, 0.15) is 0 Å². The summed E-state index contributed by atoms with van der Waals surface area (Å²) in [5.74, 6) is 0. The van der Waals surface area contributed by atoms with Gasteiger partial charge >= 0.3 is 0 Å². The first-order chi connectivity index (χ1) is 11.4. The second kappa shape index (κ2) is 6.82. The van der Waals surface area contributed by atoms with Crippen LogP contribution in [0.4, 0.5) is 0 Å². The summed E-state index contributed by atoms with van der Waals surface area (Å²) in [5, 5.41) is 3.51. The van der Waals surface area contributed by atoms with E-state index in [0.29, 0.717) is 0 Å². The predicted molar refractivity (Wildman–Crippen MR) is 80.4 cm³/mol. The van der Waals surface area contributed by atoms with E-state index in [0.717, 1.165) is 0 Å². The Morgan fingerprint density at radius 2 is 1.38 bits per heavy atom. The Kier molecular flexibility index (Phi) is 4.77. The SMILES string of the molecule is [O-][Cl+3]([O-])([O-])[O-].c1ccc(-c2csc3ccc4ccccc4[n+]23)cc1. The Hall–Kier alpha value is -2.06. The van der Waals surface area contributed by atoms with Gasteiger partial charge in [0.25, 0.3) is 4.83 Å². The van der Waals surface area contributed by atoms with Crippen LogP contribution >= 0.6 is 11.3 Å². The largest absolute Gasteiger partial charge is 0.268 e. The van der Waals surface area contributed by atoms with Crippen LogP contribution in [0.3, 0.4) is 0 Å². The van der Waals surface area contributed by atoms with Gasteiger partial charge in [0.05, 0.1) is 5.38 Å². The number of thiazole rings is 1. The highest BCUT2D eigenvalue weighted by molar-refractivity contribution is 7.15. The predicted octanol–water partition coefficient (Wildman–Crippen LogP) is -0.449. The Labute approximate surface area is 144 Å². The number of para-hydroxylation sites is 1. The van der Waals surface area contributed by atoms with Crippen molar-refractivity contribution in [2.24, 2.45) is 0 Å². The van der Waals surface area contributed by atoms with Crippen LogP contribution in [-0.2, 0) is 0 Å². The minimum Gasteiger partial charge on any atom is -0.222 e. The topological polar surface area (TPSA) is 96.3 Å². The number of rotatable bonds is 1. The Bertz CT molecular complexity index is 961. The van der Waals surface area contributed by atoms with Crippen molar-refractivity contribution < 1.29 is 33.3 Å². The van der Waals surface area contributed by atoms with Gasteiger partial charge in [0.2, 0.25) is 11.2 Å². The quantitative estimate of drug-likeness (QED) is 0.429. The average Bonchev–Trinajstić information content (AvgIpc) is 2.99. The molecule has 0 N–H and O–H groups in total. The molecule has 0 saturated carbocycles. The van der Waals surface area contributed by atoms with Gasteiger partial charge in [0, 0.05) is 23.1 Å². The van der Waals surface area contributed by atoms with E-state index in [1.165, 1.54) is 27.0 Å². The van der Waals surface area contributed by atoms with Crippen molar-refractivity contribution in [3.8, 4) is 11.3 Å². The summed E-state index contributed by atoms with van der Waals surface area (Å²) in [6, 6.07) is 23.5. The molecule has 24 heavy (non-hydrogen) atoms. The molecule has 4 aromatic rings. The number of aromatic nitrogens is 1. The number of benzene rings is 2. The number of nitrogens with zero attached hydrogens (tertiary/aromatic N) is 1. The molecule has 122 valence electrons. The van der Waals surface area contributed by atoms with Gasteiger partial charge in [-0.1, -0.05) is 41.7 Å². The minimum atomic E-state index is -4.94. The molecule has 0 fully saturated rings. The molecule has 0 aliphatic rings. The van der Waals surface area contributed by atoms with Crippen LogP contribution in [0.2, 0.25) is 0 Å². The summed E-state index contributed by atoms with van der Waals surface area (Å²) in [6.07, 6.45) is 0. The lowest BCUT2D eigenvalue weighted by Gasteiger charge is -2.17. The number of fused-ring (bicyclic) bond motifs is 3. The normalized spacial score (nSPS) is 11.3. The van der Waals surface area contributed by atoms with Crippen molar-refractivity contribution in [1.82, 2.24) is 0 Å². The standard InChI is InChI=1S/C17H12NS.ClHO4/c1-2-6-13(7-3-1)16-12-19-17-11-10-14-8-4-5-9-15(14)18(16)17;2-1(3,4)5/h1-12H;(H,2,3,4,5)/q+1;/p-1. The van der Waals surface area contributed by atoms with Crippen LogP contribution in [-0.4, -0.2) is 0 Å². The highest BCUT2D eigenvalue weighted by Crippen LogP contribution is 2.23. The maximum absolute atomic E-state index is 8.49. The number of halogens is 1. The zero-order valence-corrected chi connectivity index (χ0v) is 13.9. The Balaban J connectivity index is 0.000000300. The second-order valence-electron chi connectivity index (χ2n) is 4.93. The average molecular weight is 362 g/mol. The number of pyridine rings is 1. The molecule has 2 aromatic carbocycles. The summed E-state index contributed by atoms with van der Waals surface area (Å²) in [4.78, 5) is 1.28. The fourth-order valence-corrected chi connectivity index (χ4v) is 3.42. The van der Waals surface area contributed by atoms with Gasteiger partial charge in [0.15, 0.2) is 0 Å². The molecule has 4 rings (SSSR count). The molecular weight excluding hydrogens is 350 g/mol. The monoisotopic (exact) mass is 361 g/mol. The zero-order valence-electron chi connectivity index (χ0n) is 12.3. The molecule has 0 spiro atoms. The fraction of sp³-hybridized carbons (Fsp3) is 0. The van der Waals surface area contributed by atoms with Gasteiger partial charge < -0.3 is 0 Å². The first-order valence-electron chi connectivity index (χ1n) is 6.92. The Morgan fingerprint density at radius 3 is 2.08 bits per heavy atom. The molecule has 0 saturated heterocycles. The van der Waals surface area contributed by atoms with Gasteiger partial charge in [-0.15, -0.1) is 14.6 Å². The molecule has 0 bridgehead atoms. The number of hydrogen-bond donors (Lipinski definition) is 0. The molecular formula is C17H12ClNO4S. The van der Waals surface area contributed by atoms with Crippen molar-refractivity contribution in [3.63, 3.8) is 0 Å². The summed E-state index contributed by atoms with van der Waals surface area (Å²) >= 11 is 1.79. The third kappa shape index (κ3) is 3.88. The van der Waals surface area contributed by atoms with Crippen LogP contribution in [0.15, 0.2) is 72.1 Å². The summed E-state index contributed by atoms with van der Waals surface area (Å²) < 4.78 is 36.3. The number of hydrogen-bond acceptors (Lipinski definition) is 5. The maximum Gasteiger partial charge on any atom is 0.268 e. The van der Waals surface area contributed by atoms with E-state index in [4.69, 9.17) is 18.6 Å². The smallest absolute Gasteiger partial charge is 0.222 e. The summed E-state index contributed by atoms with van der Waals surface area (Å²) in [6.45, 7) is 0. The van der Waals surface area contributed by atoms with Crippen molar-refractivity contribution in [2.75, 3.05) is 0 Å². The van der Waals surface area contributed by atoms with Gasteiger partial charge in [-0.3, -0.25) is 0 Å². The maximum atomic E-state index is 8.49. The second-order valence-corrected chi connectivity index (χ2v) is 6.58. The molecule has 5 nitrogen and oxygen atoms in total. The third-order valence-corrected chi connectivity index (χ3v) is 4.31. The molecule has 7 heteroatoms. The summed E-state index contributed by atoms with van der Waals surface area (Å²) in [5.41, 5.74) is 3.78. The lowest BCUT2D eigenvalue weighted by atomic mass is 10.1. The molecule has 2 aromatic heterocycles. The highest BCUT2D eigenvalue weighted by atomic mass is 35.7. The Morgan fingerprint density at radius 1 is 0.750 bits per heavy atom. The van der Waals surface area contributed by atoms with Gasteiger partial charge in [-0.25, -0.2) is 18.6 Å². The van der Waals surface area contributed by atoms with E-state index in [-0.39, 0.29) is 0 Å². The molecule has 0 amide bonds. The first kappa shape index (κ1) is 16.8. The molecule has 0 aliphatic carbocycles. The van der Waals surface area contributed by atoms with Gasteiger partial charge in [-0.2, -0.15) is 0 Å². The highest BCUT2D eigenvalue weighted by Gasteiger charge is 2.18. The van der Waals surface area contributed by atoms with Gasteiger partial charge in [-0.05, 0) is 24.3 Å².